The van der Waals surface area contributed by atoms with Gasteiger partial charge in [-0.05, 0) is 41.6 Å². The topological polar surface area (TPSA) is 37.3 Å². The van der Waals surface area contributed by atoms with Crippen LogP contribution < -0.4 is 0 Å². The summed E-state index contributed by atoms with van der Waals surface area (Å²) in [6.45, 7) is 12.9. The van der Waals surface area contributed by atoms with Crippen molar-refractivity contribution in [2.75, 3.05) is 0 Å². The van der Waals surface area contributed by atoms with E-state index in [0.29, 0.717) is 18.8 Å². The lowest BCUT2D eigenvalue weighted by Crippen LogP contribution is -2.56. The van der Waals surface area contributed by atoms with Gasteiger partial charge in [0.2, 0.25) is 0 Å². The molecule has 1 N–H and O–H groups in total. The fourth-order valence-corrected chi connectivity index (χ4v) is 5.82. The monoisotopic (exact) mass is 302 g/mol. The van der Waals surface area contributed by atoms with Crippen molar-refractivity contribution in [3.05, 3.63) is 24.3 Å². The van der Waals surface area contributed by atoms with Crippen LogP contribution in [0.1, 0.15) is 59.8 Å². The average molecular weight is 302 g/mol. The van der Waals surface area contributed by atoms with Crippen molar-refractivity contribution in [1.29, 1.82) is 0 Å². The van der Waals surface area contributed by atoms with Crippen LogP contribution in [0.5, 0.6) is 0 Å². The smallest absolute Gasteiger partial charge is 0.159 e. The van der Waals surface area contributed by atoms with Gasteiger partial charge in [-0.15, -0.1) is 6.58 Å². The van der Waals surface area contributed by atoms with Crippen LogP contribution >= 0.6 is 0 Å². The molecule has 0 heterocycles. The number of hydrogen-bond acceptors (Lipinski definition) is 2. The van der Waals surface area contributed by atoms with E-state index in [1.54, 1.807) is 0 Å². The summed E-state index contributed by atoms with van der Waals surface area (Å²) >= 11 is 0. The second-order valence-corrected chi connectivity index (χ2v) is 9.09. The van der Waals surface area contributed by atoms with Crippen LogP contribution in [0.15, 0.2) is 24.3 Å². The lowest BCUT2D eigenvalue weighted by atomic mass is 9.45. The Bertz CT molecular complexity index is 544. The number of fused-ring (bicyclic) bond motifs is 3. The first-order valence-electron chi connectivity index (χ1n) is 8.71. The van der Waals surface area contributed by atoms with Crippen molar-refractivity contribution in [3.8, 4) is 0 Å². The maximum Gasteiger partial charge on any atom is 0.159 e. The second kappa shape index (κ2) is 4.80. The molecular weight excluding hydrogens is 272 g/mol. The zero-order valence-corrected chi connectivity index (χ0v) is 14.5. The average Bonchev–Trinajstić information content (AvgIpc) is 2.40. The van der Waals surface area contributed by atoms with E-state index in [1.165, 1.54) is 12.8 Å². The van der Waals surface area contributed by atoms with Gasteiger partial charge in [-0.1, -0.05) is 46.3 Å². The van der Waals surface area contributed by atoms with Crippen LogP contribution in [0.25, 0.3) is 0 Å². The maximum absolute atomic E-state index is 12.8. The minimum Gasteiger partial charge on any atom is -0.392 e. The van der Waals surface area contributed by atoms with Gasteiger partial charge in [0.25, 0.3) is 0 Å². The van der Waals surface area contributed by atoms with E-state index in [2.05, 4.69) is 40.3 Å². The van der Waals surface area contributed by atoms with Gasteiger partial charge in [0.05, 0.1) is 6.10 Å². The van der Waals surface area contributed by atoms with Gasteiger partial charge in [-0.25, -0.2) is 0 Å². The summed E-state index contributed by atoms with van der Waals surface area (Å²) in [5.74, 6) is 0.645. The quantitative estimate of drug-likeness (QED) is 0.734. The van der Waals surface area contributed by atoms with Crippen LogP contribution in [0.3, 0.4) is 0 Å². The van der Waals surface area contributed by atoms with E-state index in [0.717, 1.165) is 12.0 Å². The molecule has 0 radical (unpaired) electrons. The van der Waals surface area contributed by atoms with E-state index in [1.807, 2.05) is 6.08 Å². The number of carbonyl (C=O) groups is 1. The highest BCUT2D eigenvalue weighted by molar-refractivity contribution is 5.97. The van der Waals surface area contributed by atoms with E-state index in [-0.39, 0.29) is 27.9 Å². The minimum atomic E-state index is -0.436. The zero-order chi connectivity index (χ0) is 16.3. The third kappa shape index (κ3) is 2.14. The molecule has 3 aliphatic rings. The van der Waals surface area contributed by atoms with Gasteiger partial charge in [0.1, 0.15) is 0 Å². The Labute approximate surface area is 134 Å². The predicted molar refractivity (Wildman–Crippen MR) is 89.4 cm³/mol. The highest BCUT2D eigenvalue weighted by Gasteiger charge is 2.58. The molecule has 0 spiro atoms. The van der Waals surface area contributed by atoms with Crippen molar-refractivity contribution in [3.63, 3.8) is 0 Å². The molecule has 0 aromatic rings. The fourth-order valence-electron chi connectivity index (χ4n) is 5.82. The third-order valence-electron chi connectivity index (χ3n) is 7.02. The molecule has 0 amide bonds. The molecule has 0 bridgehead atoms. The molecule has 0 aromatic heterocycles. The third-order valence-corrected chi connectivity index (χ3v) is 7.02. The van der Waals surface area contributed by atoms with Crippen LogP contribution in [-0.2, 0) is 4.79 Å². The molecule has 3 aliphatic carbocycles. The predicted octanol–water partition coefficient (Wildman–Crippen LogP) is 4.29. The van der Waals surface area contributed by atoms with Crippen LogP contribution in [-0.4, -0.2) is 17.0 Å². The number of aliphatic hydroxyl groups excluding tert-OH is 1. The van der Waals surface area contributed by atoms with Crippen molar-refractivity contribution < 1.29 is 9.90 Å². The van der Waals surface area contributed by atoms with Crippen LogP contribution in [0, 0.1) is 28.1 Å². The molecular formula is C20H30O2. The van der Waals surface area contributed by atoms with Crippen LogP contribution in [0.2, 0.25) is 0 Å². The summed E-state index contributed by atoms with van der Waals surface area (Å²) in [7, 11) is 0. The molecule has 3 rings (SSSR count). The molecule has 5 atom stereocenters. The number of aliphatic hydroxyl groups is 1. The number of rotatable bonds is 1. The summed E-state index contributed by atoms with van der Waals surface area (Å²) in [4.78, 5) is 12.8. The van der Waals surface area contributed by atoms with Crippen molar-refractivity contribution in [1.82, 2.24) is 0 Å². The molecule has 2 heteroatoms. The molecule has 22 heavy (non-hydrogen) atoms. The minimum absolute atomic E-state index is 0.00588. The Morgan fingerprint density at radius 3 is 2.59 bits per heavy atom. The Morgan fingerprint density at radius 2 is 1.95 bits per heavy atom. The van der Waals surface area contributed by atoms with Gasteiger partial charge >= 0.3 is 0 Å². The number of Topliss-reactive ketones (excluding diaryl/α,β-unsaturated/α-hetero) is 1. The zero-order valence-electron chi connectivity index (χ0n) is 14.5. The summed E-state index contributed by atoms with van der Waals surface area (Å²) in [5.41, 5.74) is 0.864. The van der Waals surface area contributed by atoms with Crippen molar-refractivity contribution >= 4 is 5.78 Å². The molecule has 0 unspecified atom stereocenters. The standard InChI is InChI=1S/C20H30O2/c1-6-19(4)11-13-14(21)10-16-18(2,3)8-7-9-20(16,5)17(13)15(22)12-19/h6,11,15-17,22H,1,7-10,12H2,2-5H3/t15-,16-,17-,19-,20+/m1/s1. The molecule has 122 valence electrons. The van der Waals surface area contributed by atoms with Gasteiger partial charge in [-0.3, -0.25) is 4.79 Å². The largest absolute Gasteiger partial charge is 0.392 e. The Kier molecular flexibility index (Phi) is 3.49. The van der Waals surface area contributed by atoms with Gasteiger partial charge in [0, 0.05) is 17.8 Å². The molecule has 2 fully saturated rings. The Hall–Kier alpha value is -0.890. The highest BCUT2D eigenvalue weighted by Crippen LogP contribution is 2.62. The van der Waals surface area contributed by atoms with Crippen LogP contribution in [0.4, 0.5) is 0 Å². The van der Waals surface area contributed by atoms with Gasteiger partial charge in [0.15, 0.2) is 5.78 Å². The van der Waals surface area contributed by atoms with E-state index < -0.39 is 6.10 Å². The van der Waals surface area contributed by atoms with Gasteiger partial charge in [-0.2, -0.15) is 0 Å². The van der Waals surface area contributed by atoms with Gasteiger partial charge < -0.3 is 5.11 Å². The Morgan fingerprint density at radius 1 is 1.27 bits per heavy atom. The molecule has 0 saturated heterocycles. The molecule has 0 aliphatic heterocycles. The number of carbonyl (C=O) groups excluding carboxylic acids is 1. The lowest BCUT2D eigenvalue weighted by Gasteiger charge is -2.59. The first-order valence-corrected chi connectivity index (χ1v) is 8.71. The van der Waals surface area contributed by atoms with Crippen molar-refractivity contribution in [2.45, 2.75) is 65.9 Å². The molecule has 2 saturated carbocycles. The second-order valence-electron chi connectivity index (χ2n) is 9.09. The van der Waals surface area contributed by atoms with E-state index in [9.17, 15) is 9.90 Å². The highest BCUT2D eigenvalue weighted by atomic mass is 16.3. The van der Waals surface area contributed by atoms with Crippen molar-refractivity contribution in [2.24, 2.45) is 28.1 Å². The fraction of sp³-hybridized carbons (Fsp3) is 0.750. The summed E-state index contributed by atoms with van der Waals surface area (Å²) in [6, 6.07) is 0. The first-order chi connectivity index (χ1) is 10.1. The number of allylic oxidation sites excluding steroid dienone is 2. The van der Waals surface area contributed by atoms with E-state index >= 15 is 0 Å². The van der Waals surface area contributed by atoms with E-state index in [4.69, 9.17) is 0 Å². The Balaban J connectivity index is 2.11. The normalized spacial score (nSPS) is 47.2. The summed E-state index contributed by atoms with van der Waals surface area (Å²) < 4.78 is 0. The number of ketones is 1. The SMILES string of the molecule is C=C[C@]1(C)C=C2C(=O)C[C@@H]3C(C)(C)CCC[C@]3(C)[C@H]2[C@H](O)C1. The maximum atomic E-state index is 12.8. The summed E-state index contributed by atoms with van der Waals surface area (Å²) in [6.07, 6.45) is 8.39. The lowest BCUT2D eigenvalue weighted by molar-refractivity contribution is -0.139. The first kappa shape index (κ1) is 16.0. The summed E-state index contributed by atoms with van der Waals surface area (Å²) in [5, 5.41) is 10.9. The molecule has 0 aromatic carbocycles. The molecule has 2 nitrogen and oxygen atoms in total. The number of hydrogen-bond donors (Lipinski definition) is 1.